The summed E-state index contributed by atoms with van der Waals surface area (Å²) in [5.41, 5.74) is 1.71. The minimum absolute atomic E-state index is 0.130. The van der Waals surface area contributed by atoms with Crippen LogP contribution in [0.25, 0.3) is 11.0 Å². The molecule has 0 atom stereocenters. The summed E-state index contributed by atoms with van der Waals surface area (Å²) in [6, 6.07) is 4.89. The second kappa shape index (κ2) is 3.25. The lowest BCUT2D eigenvalue weighted by Gasteiger charge is -2.00. The lowest BCUT2D eigenvalue weighted by molar-refractivity contribution is 0.426. The van der Waals surface area contributed by atoms with E-state index in [1.54, 1.807) is 32.3 Å². The summed E-state index contributed by atoms with van der Waals surface area (Å²) in [4.78, 5) is 11.6. The van der Waals surface area contributed by atoms with Gasteiger partial charge in [-0.15, -0.1) is 0 Å². The van der Waals surface area contributed by atoms with Gasteiger partial charge in [-0.1, -0.05) is 6.07 Å². The Morgan fingerprint density at radius 2 is 1.73 bits per heavy atom. The Hall–Kier alpha value is -1.53. The smallest absolute Gasteiger partial charge is 0.423 e. The Morgan fingerprint density at radius 1 is 1.13 bits per heavy atom. The summed E-state index contributed by atoms with van der Waals surface area (Å²) in [5, 5.41) is 18.0. The SMILES string of the molecule is Cn1c(=O)n(C)c2cc(B(O)O)ccc21. The van der Waals surface area contributed by atoms with E-state index in [1.165, 1.54) is 9.13 Å². The van der Waals surface area contributed by atoms with Crippen molar-refractivity contribution >= 4 is 23.6 Å². The number of aryl methyl sites for hydroxylation is 2. The van der Waals surface area contributed by atoms with Gasteiger partial charge < -0.3 is 10.0 Å². The molecule has 0 aliphatic rings. The number of hydrogen-bond donors (Lipinski definition) is 2. The first-order chi connectivity index (χ1) is 7.02. The molecule has 0 bridgehead atoms. The average molecular weight is 206 g/mol. The lowest BCUT2D eigenvalue weighted by atomic mass is 9.80. The van der Waals surface area contributed by atoms with Crippen molar-refractivity contribution in [1.29, 1.82) is 0 Å². The molecule has 6 heteroatoms. The van der Waals surface area contributed by atoms with E-state index >= 15 is 0 Å². The normalized spacial score (nSPS) is 10.9. The molecule has 0 saturated carbocycles. The molecule has 2 N–H and O–H groups in total. The third-order valence-corrected chi connectivity index (χ3v) is 2.59. The molecule has 0 radical (unpaired) electrons. The van der Waals surface area contributed by atoms with E-state index in [0.717, 1.165) is 5.52 Å². The number of aromatic nitrogens is 2. The third kappa shape index (κ3) is 1.38. The summed E-state index contributed by atoms with van der Waals surface area (Å²) in [7, 11) is 1.82. The summed E-state index contributed by atoms with van der Waals surface area (Å²) in [5.74, 6) is 0. The van der Waals surface area contributed by atoms with Gasteiger partial charge in [-0.05, 0) is 17.6 Å². The second-order valence-electron chi connectivity index (χ2n) is 3.52. The Labute approximate surface area is 86.3 Å². The zero-order valence-electron chi connectivity index (χ0n) is 8.51. The Balaban J connectivity index is 2.83. The number of rotatable bonds is 1. The van der Waals surface area contributed by atoms with E-state index in [4.69, 9.17) is 10.0 Å². The van der Waals surface area contributed by atoms with Crippen molar-refractivity contribution in [3.05, 3.63) is 28.7 Å². The molecule has 0 aliphatic carbocycles. The van der Waals surface area contributed by atoms with Gasteiger partial charge in [-0.25, -0.2) is 4.79 Å². The van der Waals surface area contributed by atoms with Crippen molar-refractivity contribution in [3.8, 4) is 0 Å². The average Bonchev–Trinajstić information content (AvgIpc) is 2.44. The van der Waals surface area contributed by atoms with Gasteiger partial charge in [0.15, 0.2) is 0 Å². The molecule has 0 unspecified atom stereocenters. The zero-order valence-corrected chi connectivity index (χ0v) is 8.51. The van der Waals surface area contributed by atoms with Crippen LogP contribution in [-0.4, -0.2) is 26.3 Å². The van der Waals surface area contributed by atoms with Gasteiger partial charge in [-0.2, -0.15) is 0 Å². The molecule has 0 spiro atoms. The van der Waals surface area contributed by atoms with Crippen molar-refractivity contribution in [2.75, 3.05) is 0 Å². The van der Waals surface area contributed by atoms with E-state index in [2.05, 4.69) is 0 Å². The van der Waals surface area contributed by atoms with E-state index in [9.17, 15) is 4.79 Å². The van der Waals surface area contributed by atoms with Crippen LogP contribution in [0.3, 0.4) is 0 Å². The number of benzene rings is 1. The second-order valence-corrected chi connectivity index (χ2v) is 3.52. The van der Waals surface area contributed by atoms with Crippen molar-refractivity contribution in [2.45, 2.75) is 0 Å². The van der Waals surface area contributed by atoms with Crippen LogP contribution in [0.5, 0.6) is 0 Å². The van der Waals surface area contributed by atoms with Crippen LogP contribution in [0.4, 0.5) is 0 Å². The van der Waals surface area contributed by atoms with Crippen molar-refractivity contribution < 1.29 is 10.0 Å². The summed E-state index contributed by atoms with van der Waals surface area (Å²) in [6.07, 6.45) is 0. The van der Waals surface area contributed by atoms with Crippen LogP contribution in [0.1, 0.15) is 0 Å². The van der Waals surface area contributed by atoms with Crippen LogP contribution in [-0.2, 0) is 14.1 Å². The van der Waals surface area contributed by atoms with Crippen LogP contribution in [0.2, 0.25) is 0 Å². The third-order valence-electron chi connectivity index (χ3n) is 2.59. The van der Waals surface area contributed by atoms with E-state index < -0.39 is 7.12 Å². The maximum atomic E-state index is 11.6. The molecule has 0 saturated heterocycles. The first kappa shape index (κ1) is 10.0. The molecule has 1 aromatic carbocycles. The molecule has 0 amide bonds. The minimum Gasteiger partial charge on any atom is -0.423 e. The summed E-state index contributed by atoms with van der Waals surface area (Å²) >= 11 is 0. The first-order valence-electron chi connectivity index (χ1n) is 4.54. The lowest BCUT2D eigenvalue weighted by Crippen LogP contribution is -2.29. The fourth-order valence-electron chi connectivity index (χ4n) is 1.68. The molecule has 2 rings (SSSR count). The molecule has 5 nitrogen and oxygen atoms in total. The fourth-order valence-corrected chi connectivity index (χ4v) is 1.68. The standard InChI is InChI=1S/C9H11BN2O3/c1-11-7-4-3-6(10(14)15)5-8(7)12(2)9(11)13/h3-5,14-15H,1-2H3. The highest BCUT2D eigenvalue weighted by molar-refractivity contribution is 6.58. The highest BCUT2D eigenvalue weighted by Gasteiger charge is 2.14. The molecule has 15 heavy (non-hydrogen) atoms. The number of nitrogens with zero attached hydrogens (tertiary/aromatic N) is 2. The summed E-state index contributed by atoms with van der Waals surface area (Å²) < 4.78 is 2.99. The molecule has 0 aliphatic heterocycles. The quantitative estimate of drug-likeness (QED) is 0.561. The number of hydrogen-bond acceptors (Lipinski definition) is 3. The minimum atomic E-state index is -1.51. The first-order valence-corrected chi connectivity index (χ1v) is 4.54. The van der Waals surface area contributed by atoms with Crippen LogP contribution >= 0.6 is 0 Å². The van der Waals surface area contributed by atoms with Gasteiger partial charge in [0.05, 0.1) is 11.0 Å². The predicted molar refractivity (Wildman–Crippen MR) is 58.0 cm³/mol. The monoisotopic (exact) mass is 206 g/mol. The number of imidazole rings is 1. The summed E-state index contributed by atoms with van der Waals surface area (Å²) in [6.45, 7) is 0. The molecular formula is C9H11BN2O3. The molecular weight excluding hydrogens is 195 g/mol. The van der Waals surface area contributed by atoms with E-state index in [1.807, 2.05) is 0 Å². The van der Waals surface area contributed by atoms with Crippen molar-refractivity contribution in [3.63, 3.8) is 0 Å². The Bertz CT molecular complexity index is 570. The highest BCUT2D eigenvalue weighted by atomic mass is 16.4. The molecule has 0 fully saturated rings. The van der Waals surface area contributed by atoms with Crippen molar-refractivity contribution in [1.82, 2.24) is 9.13 Å². The van der Waals surface area contributed by atoms with Gasteiger partial charge in [-0.3, -0.25) is 9.13 Å². The Kier molecular flexibility index (Phi) is 2.17. The van der Waals surface area contributed by atoms with Gasteiger partial charge >= 0.3 is 12.8 Å². The zero-order chi connectivity index (χ0) is 11.2. The maximum absolute atomic E-state index is 11.6. The predicted octanol–water partition coefficient (Wildman–Crippen LogP) is -1.44. The van der Waals surface area contributed by atoms with Gasteiger partial charge in [0, 0.05) is 14.1 Å². The van der Waals surface area contributed by atoms with Crippen molar-refractivity contribution in [2.24, 2.45) is 14.1 Å². The van der Waals surface area contributed by atoms with E-state index in [0.29, 0.717) is 11.0 Å². The Morgan fingerprint density at radius 3 is 2.33 bits per heavy atom. The molecule has 1 heterocycles. The highest BCUT2D eigenvalue weighted by Crippen LogP contribution is 2.08. The largest absolute Gasteiger partial charge is 0.488 e. The fraction of sp³-hybridized carbons (Fsp3) is 0.222. The maximum Gasteiger partial charge on any atom is 0.488 e. The molecule has 2 aromatic rings. The molecule has 1 aromatic heterocycles. The molecule has 78 valence electrons. The number of fused-ring (bicyclic) bond motifs is 1. The van der Waals surface area contributed by atoms with Crippen LogP contribution < -0.4 is 11.2 Å². The van der Waals surface area contributed by atoms with E-state index in [-0.39, 0.29) is 5.69 Å². The van der Waals surface area contributed by atoms with Crippen LogP contribution in [0.15, 0.2) is 23.0 Å². The van der Waals surface area contributed by atoms with Gasteiger partial charge in [0.2, 0.25) is 0 Å². The van der Waals surface area contributed by atoms with Gasteiger partial charge in [0.1, 0.15) is 0 Å². The van der Waals surface area contributed by atoms with Gasteiger partial charge in [0.25, 0.3) is 0 Å². The topological polar surface area (TPSA) is 67.4 Å². The van der Waals surface area contributed by atoms with Crippen LogP contribution in [0, 0.1) is 0 Å².